The number of carbonyl (C=O) groups excluding carboxylic acids is 1. The minimum absolute atomic E-state index is 0.299. The van der Waals surface area contributed by atoms with Crippen LogP contribution in [0.5, 0.6) is 0 Å². The zero-order chi connectivity index (χ0) is 18.6. The summed E-state index contributed by atoms with van der Waals surface area (Å²) in [5.74, 6) is -0.733. The van der Waals surface area contributed by atoms with E-state index in [0.717, 1.165) is 29.8 Å². The van der Waals surface area contributed by atoms with Gasteiger partial charge in [-0.15, -0.1) is 0 Å². The molecule has 3 aromatic rings. The fraction of sp³-hybridized carbons (Fsp3) is 0.286. The Kier molecular flexibility index (Phi) is 4.96. The molecule has 0 radical (unpaired) electrons. The molecule has 138 valence electrons. The lowest BCUT2D eigenvalue weighted by molar-refractivity contribution is 0.0950. The van der Waals surface area contributed by atoms with Gasteiger partial charge in [0.2, 0.25) is 0 Å². The predicted octanol–water partition coefficient (Wildman–Crippen LogP) is 4.13. The van der Waals surface area contributed by atoms with Crippen LogP contribution in [0.15, 0.2) is 54.9 Å². The van der Waals surface area contributed by atoms with Crippen molar-refractivity contribution in [1.29, 1.82) is 0 Å². The van der Waals surface area contributed by atoms with Crippen LogP contribution >= 0.6 is 0 Å². The number of nitrogens with zero attached hydrogens (tertiary/aromatic N) is 3. The monoisotopic (exact) mass is 364 g/mol. The maximum absolute atomic E-state index is 13.3. The SMILES string of the molecule is O=C(NCc1cc(-c2ccncc2)n(C2CCCC2)n1)c1cccc(F)c1. The molecule has 0 saturated heterocycles. The standard InChI is InChI=1S/C21H21FN4O/c22-17-5-3-4-16(12-17)21(27)24-14-18-13-20(15-8-10-23-11-9-15)26(25-18)19-6-1-2-7-19/h3-5,8-13,19H,1-2,6-7,14H2,(H,24,27). The van der Waals surface area contributed by atoms with E-state index >= 15 is 0 Å². The molecule has 0 atom stereocenters. The van der Waals surface area contributed by atoms with Crippen LogP contribution in [0.25, 0.3) is 11.3 Å². The second kappa shape index (κ2) is 7.70. The molecule has 1 N–H and O–H groups in total. The molecule has 0 bridgehead atoms. The van der Waals surface area contributed by atoms with Crippen LogP contribution in [-0.4, -0.2) is 20.7 Å². The maximum Gasteiger partial charge on any atom is 0.251 e. The number of rotatable bonds is 5. The quantitative estimate of drug-likeness (QED) is 0.740. The van der Waals surface area contributed by atoms with Crippen LogP contribution in [0.1, 0.15) is 47.8 Å². The van der Waals surface area contributed by atoms with Gasteiger partial charge in [-0.2, -0.15) is 5.10 Å². The zero-order valence-electron chi connectivity index (χ0n) is 14.9. The summed E-state index contributed by atoms with van der Waals surface area (Å²) < 4.78 is 15.4. The van der Waals surface area contributed by atoms with E-state index in [2.05, 4.69) is 15.0 Å². The van der Waals surface area contributed by atoms with Crippen molar-refractivity contribution in [3.63, 3.8) is 0 Å². The molecule has 1 fully saturated rings. The van der Waals surface area contributed by atoms with Crippen molar-refractivity contribution < 1.29 is 9.18 Å². The highest BCUT2D eigenvalue weighted by molar-refractivity contribution is 5.94. The van der Waals surface area contributed by atoms with Gasteiger partial charge in [0, 0.05) is 23.5 Å². The Balaban J connectivity index is 1.55. The van der Waals surface area contributed by atoms with Crippen LogP contribution in [-0.2, 0) is 6.54 Å². The van der Waals surface area contributed by atoms with E-state index in [-0.39, 0.29) is 5.91 Å². The Bertz CT molecular complexity index is 932. The third kappa shape index (κ3) is 3.89. The fourth-order valence-corrected chi connectivity index (χ4v) is 3.60. The second-order valence-corrected chi connectivity index (χ2v) is 6.83. The van der Waals surface area contributed by atoms with Gasteiger partial charge < -0.3 is 5.32 Å². The summed E-state index contributed by atoms with van der Waals surface area (Å²) in [6, 6.07) is 12.0. The first-order valence-corrected chi connectivity index (χ1v) is 9.23. The van der Waals surface area contributed by atoms with Gasteiger partial charge in [-0.05, 0) is 49.2 Å². The molecule has 1 amide bonds. The number of nitrogens with one attached hydrogen (secondary N) is 1. The van der Waals surface area contributed by atoms with Crippen LogP contribution in [0.4, 0.5) is 4.39 Å². The lowest BCUT2D eigenvalue weighted by Crippen LogP contribution is -2.23. The second-order valence-electron chi connectivity index (χ2n) is 6.83. The van der Waals surface area contributed by atoms with Gasteiger partial charge in [0.05, 0.1) is 24.0 Å². The highest BCUT2D eigenvalue weighted by Gasteiger charge is 2.22. The van der Waals surface area contributed by atoms with Gasteiger partial charge >= 0.3 is 0 Å². The minimum Gasteiger partial charge on any atom is -0.346 e. The van der Waals surface area contributed by atoms with Crippen LogP contribution in [0.3, 0.4) is 0 Å². The van der Waals surface area contributed by atoms with Gasteiger partial charge in [-0.25, -0.2) is 4.39 Å². The average Bonchev–Trinajstić information content (AvgIpc) is 3.36. The number of carbonyl (C=O) groups is 1. The van der Waals surface area contributed by atoms with E-state index in [4.69, 9.17) is 5.10 Å². The normalized spacial score (nSPS) is 14.4. The van der Waals surface area contributed by atoms with E-state index in [1.807, 2.05) is 18.2 Å². The minimum atomic E-state index is -0.423. The molecule has 4 rings (SSSR count). The highest BCUT2D eigenvalue weighted by atomic mass is 19.1. The molecule has 2 aromatic heterocycles. The molecule has 2 heterocycles. The Hall–Kier alpha value is -3.02. The zero-order valence-corrected chi connectivity index (χ0v) is 14.9. The molecular formula is C21H21FN4O. The van der Waals surface area contributed by atoms with Crippen molar-refractivity contribution in [2.75, 3.05) is 0 Å². The van der Waals surface area contributed by atoms with E-state index in [1.54, 1.807) is 18.5 Å². The number of benzene rings is 1. The van der Waals surface area contributed by atoms with E-state index in [9.17, 15) is 9.18 Å². The van der Waals surface area contributed by atoms with Crippen LogP contribution in [0.2, 0.25) is 0 Å². The fourth-order valence-electron chi connectivity index (χ4n) is 3.60. The molecule has 1 aliphatic rings. The third-order valence-corrected chi connectivity index (χ3v) is 4.95. The summed E-state index contributed by atoms with van der Waals surface area (Å²) >= 11 is 0. The average molecular weight is 364 g/mol. The summed E-state index contributed by atoms with van der Waals surface area (Å²) in [6.45, 7) is 0.299. The van der Waals surface area contributed by atoms with Crippen molar-refractivity contribution in [2.24, 2.45) is 0 Å². The summed E-state index contributed by atoms with van der Waals surface area (Å²) in [7, 11) is 0. The van der Waals surface area contributed by atoms with Gasteiger partial charge in [-0.1, -0.05) is 18.9 Å². The first-order chi connectivity index (χ1) is 13.2. The summed E-state index contributed by atoms with van der Waals surface area (Å²) in [5.41, 5.74) is 3.20. The van der Waals surface area contributed by atoms with Crippen molar-refractivity contribution in [3.8, 4) is 11.3 Å². The number of halogens is 1. The van der Waals surface area contributed by atoms with Gasteiger partial charge in [-0.3, -0.25) is 14.5 Å². The number of hydrogen-bond donors (Lipinski definition) is 1. The molecule has 0 aliphatic heterocycles. The molecule has 1 saturated carbocycles. The topological polar surface area (TPSA) is 59.8 Å². The Morgan fingerprint density at radius 3 is 2.67 bits per heavy atom. The predicted molar refractivity (Wildman–Crippen MR) is 101 cm³/mol. The Labute approximate surface area is 157 Å². The van der Waals surface area contributed by atoms with Crippen molar-refractivity contribution in [2.45, 2.75) is 38.3 Å². The molecular weight excluding hydrogens is 343 g/mol. The lowest BCUT2D eigenvalue weighted by atomic mass is 10.1. The Morgan fingerprint density at radius 2 is 1.93 bits per heavy atom. The largest absolute Gasteiger partial charge is 0.346 e. The molecule has 1 aromatic carbocycles. The maximum atomic E-state index is 13.3. The van der Waals surface area contributed by atoms with E-state index in [0.29, 0.717) is 18.2 Å². The van der Waals surface area contributed by atoms with E-state index in [1.165, 1.54) is 31.0 Å². The molecule has 0 unspecified atom stereocenters. The molecule has 6 heteroatoms. The number of pyridine rings is 1. The van der Waals surface area contributed by atoms with Crippen LogP contribution < -0.4 is 5.32 Å². The summed E-state index contributed by atoms with van der Waals surface area (Å²) in [6.07, 6.45) is 8.21. The molecule has 5 nitrogen and oxygen atoms in total. The highest BCUT2D eigenvalue weighted by Crippen LogP contribution is 2.33. The first kappa shape index (κ1) is 17.4. The van der Waals surface area contributed by atoms with Gasteiger partial charge in [0.15, 0.2) is 0 Å². The van der Waals surface area contributed by atoms with Gasteiger partial charge in [0.25, 0.3) is 5.91 Å². The van der Waals surface area contributed by atoms with Crippen molar-refractivity contribution >= 4 is 5.91 Å². The summed E-state index contributed by atoms with van der Waals surface area (Å²) in [4.78, 5) is 16.4. The smallest absolute Gasteiger partial charge is 0.251 e. The van der Waals surface area contributed by atoms with Crippen molar-refractivity contribution in [1.82, 2.24) is 20.1 Å². The van der Waals surface area contributed by atoms with Gasteiger partial charge in [0.1, 0.15) is 5.82 Å². The lowest BCUT2D eigenvalue weighted by Gasteiger charge is -2.14. The number of hydrogen-bond acceptors (Lipinski definition) is 3. The molecule has 1 aliphatic carbocycles. The van der Waals surface area contributed by atoms with Crippen LogP contribution in [0, 0.1) is 5.82 Å². The number of amides is 1. The van der Waals surface area contributed by atoms with Crippen molar-refractivity contribution in [3.05, 3.63) is 71.9 Å². The molecule has 27 heavy (non-hydrogen) atoms. The number of aromatic nitrogens is 3. The molecule has 0 spiro atoms. The third-order valence-electron chi connectivity index (χ3n) is 4.95. The van der Waals surface area contributed by atoms with E-state index < -0.39 is 5.82 Å². The Morgan fingerprint density at radius 1 is 1.15 bits per heavy atom. The summed E-state index contributed by atoms with van der Waals surface area (Å²) in [5, 5.41) is 7.59. The first-order valence-electron chi connectivity index (χ1n) is 9.23.